The van der Waals surface area contributed by atoms with Gasteiger partial charge in [0, 0.05) is 10.6 Å². The molecule has 0 unspecified atom stereocenters. The maximum Gasteiger partial charge on any atom is 0.261 e. The molecule has 1 heterocycles. The van der Waals surface area contributed by atoms with Crippen molar-refractivity contribution in [1.82, 2.24) is 0 Å². The molecule has 0 bridgehead atoms. The summed E-state index contributed by atoms with van der Waals surface area (Å²) in [5, 5.41) is 2.57. The summed E-state index contributed by atoms with van der Waals surface area (Å²) in [6.07, 6.45) is 0.829. The number of carbonyl (C=O) groups excluding carboxylic acids is 1. The smallest absolute Gasteiger partial charge is 0.261 e. The highest BCUT2D eigenvalue weighted by atomic mass is 32.2. The third-order valence-corrected chi connectivity index (χ3v) is 6.34. The van der Waals surface area contributed by atoms with E-state index in [0.717, 1.165) is 16.9 Å². The summed E-state index contributed by atoms with van der Waals surface area (Å²) in [5.41, 5.74) is 2.12. The van der Waals surface area contributed by atoms with Gasteiger partial charge in [-0.2, -0.15) is 0 Å². The minimum Gasteiger partial charge on any atom is -0.324 e. The standard InChI is InChI=1S/C17H18N2O3S2/c1-3-12-5-4-6-13(9-12)19-24(21,22)14-7-8-16-15(10-14)18-17(20)11(2)23-16/h4-11,19H,3H2,1-2H3,(H,18,20)/t11-/m1/s1. The second-order valence-corrected chi connectivity index (χ2v) is 8.63. The number of benzene rings is 2. The maximum absolute atomic E-state index is 12.6. The van der Waals surface area contributed by atoms with Crippen LogP contribution in [0.2, 0.25) is 0 Å². The molecular weight excluding hydrogens is 344 g/mol. The summed E-state index contributed by atoms with van der Waals surface area (Å²) in [5.74, 6) is -0.120. The first-order valence-corrected chi connectivity index (χ1v) is 9.98. The van der Waals surface area contributed by atoms with E-state index >= 15 is 0 Å². The van der Waals surface area contributed by atoms with Gasteiger partial charge in [0.1, 0.15) is 0 Å². The molecule has 2 N–H and O–H groups in total. The molecule has 0 saturated carbocycles. The van der Waals surface area contributed by atoms with E-state index in [1.54, 1.807) is 18.2 Å². The number of sulfonamides is 1. The molecule has 126 valence electrons. The first-order chi connectivity index (χ1) is 11.4. The molecule has 0 spiro atoms. The zero-order valence-electron chi connectivity index (χ0n) is 13.4. The minimum atomic E-state index is -3.71. The van der Waals surface area contributed by atoms with Crippen LogP contribution in [0.3, 0.4) is 0 Å². The average Bonchev–Trinajstić information content (AvgIpc) is 2.55. The van der Waals surface area contributed by atoms with E-state index in [0.29, 0.717) is 11.4 Å². The van der Waals surface area contributed by atoms with E-state index in [-0.39, 0.29) is 16.1 Å². The Morgan fingerprint density at radius 3 is 2.75 bits per heavy atom. The van der Waals surface area contributed by atoms with Gasteiger partial charge in [0.2, 0.25) is 5.91 Å². The first-order valence-electron chi connectivity index (χ1n) is 7.62. The molecule has 2 aromatic rings. The van der Waals surface area contributed by atoms with Crippen molar-refractivity contribution >= 4 is 39.1 Å². The molecule has 7 heteroatoms. The number of hydrogen-bond acceptors (Lipinski definition) is 4. The van der Waals surface area contributed by atoms with Gasteiger partial charge in [-0.1, -0.05) is 19.1 Å². The van der Waals surface area contributed by atoms with E-state index in [2.05, 4.69) is 10.0 Å². The molecule has 1 aliphatic rings. The fraction of sp³-hybridized carbons (Fsp3) is 0.235. The van der Waals surface area contributed by atoms with E-state index in [4.69, 9.17) is 0 Å². The lowest BCUT2D eigenvalue weighted by Gasteiger charge is -2.22. The van der Waals surface area contributed by atoms with Gasteiger partial charge in [0.15, 0.2) is 0 Å². The van der Waals surface area contributed by atoms with Gasteiger partial charge in [0.05, 0.1) is 15.8 Å². The fourth-order valence-electron chi connectivity index (χ4n) is 2.42. The topological polar surface area (TPSA) is 75.3 Å². The lowest BCUT2D eigenvalue weighted by Crippen LogP contribution is -2.26. The number of hydrogen-bond donors (Lipinski definition) is 2. The first kappa shape index (κ1) is 16.9. The normalized spacial score (nSPS) is 17.1. The molecule has 0 aliphatic carbocycles. The van der Waals surface area contributed by atoms with Crippen LogP contribution < -0.4 is 10.0 Å². The van der Waals surface area contributed by atoms with Crippen LogP contribution in [0.25, 0.3) is 0 Å². The molecule has 1 aliphatic heterocycles. The van der Waals surface area contributed by atoms with Crippen LogP contribution in [0.1, 0.15) is 19.4 Å². The van der Waals surface area contributed by atoms with Gasteiger partial charge in [-0.3, -0.25) is 9.52 Å². The molecule has 0 fully saturated rings. The lowest BCUT2D eigenvalue weighted by molar-refractivity contribution is -0.115. The Morgan fingerprint density at radius 1 is 1.21 bits per heavy atom. The van der Waals surface area contributed by atoms with Gasteiger partial charge in [-0.15, -0.1) is 11.8 Å². The molecule has 3 rings (SSSR count). The van der Waals surface area contributed by atoms with Crippen LogP contribution in [0.15, 0.2) is 52.3 Å². The lowest BCUT2D eigenvalue weighted by atomic mass is 10.1. The molecule has 1 amide bonds. The Labute approximate surface area is 145 Å². The van der Waals surface area contributed by atoms with E-state index in [1.165, 1.54) is 17.8 Å². The maximum atomic E-state index is 12.6. The summed E-state index contributed by atoms with van der Waals surface area (Å²) in [6.45, 7) is 3.83. The number of thioether (sulfide) groups is 1. The van der Waals surface area contributed by atoms with Crippen LogP contribution in [0, 0.1) is 0 Å². The molecule has 2 aromatic carbocycles. The summed E-state index contributed by atoms with van der Waals surface area (Å²) in [4.78, 5) is 12.8. The fourth-order valence-corrected chi connectivity index (χ4v) is 4.43. The molecule has 0 saturated heterocycles. The number of rotatable bonds is 4. The Morgan fingerprint density at radius 2 is 2.00 bits per heavy atom. The highest BCUT2D eigenvalue weighted by Crippen LogP contribution is 2.36. The number of anilines is 2. The summed E-state index contributed by atoms with van der Waals surface area (Å²) < 4.78 is 27.8. The van der Waals surface area contributed by atoms with Gasteiger partial charge >= 0.3 is 0 Å². The quantitative estimate of drug-likeness (QED) is 0.873. The SMILES string of the molecule is CCc1cccc(NS(=O)(=O)c2ccc3c(c2)NC(=O)[C@@H](C)S3)c1. The predicted octanol–water partition coefficient (Wildman–Crippen LogP) is 3.48. The Hall–Kier alpha value is -1.99. The van der Waals surface area contributed by atoms with Crippen molar-refractivity contribution in [1.29, 1.82) is 0 Å². The van der Waals surface area contributed by atoms with E-state index < -0.39 is 10.0 Å². The molecule has 0 radical (unpaired) electrons. The Bertz CT molecular complexity index is 894. The second-order valence-electron chi connectivity index (χ2n) is 5.57. The largest absolute Gasteiger partial charge is 0.324 e. The van der Waals surface area contributed by atoms with Crippen molar-refractivity contribution in [2.75, 3.05) is 10.0 Å². The highest BCUT2D eigenvalue weighted by Gasteiger charge is 2.25. The molecule has 1 atom stereocenters. The molecular formula is C17H18N2O3S2. The van der Waals surface area contributed by atoms with Gasteiger partial charge < -0.3 is 5.32 Å². The number of amides is 1. The second kappa shape index (κ2) is 6.49. The van der Waals surface area contributed by atoms with Gasteiger partial charge in [0.25, 0.3) is 10.0 Å². The van der Waals surface area contributed by atoms with Crippen molar-refractivity contribution in [2.45, 2.75) is 35.3 Å². The van der Waals surface area contributed by atoms with Crippen molar-refractivity contribution < 1.29 is 13.2 Å². The number of carbonyl (C=O) groups is 1. The summed E-state index contributed by atoms with van der Waals surface area (Å²) in [6, 6.07) is 12.1. The summed E-state index contributed by atoms with van der Waals surface area (Å²) >= 11 is 1.42. The van der Waals surface area contributed by atoms with Crippen LogP contribution in [-0.4, -0.2) is 19.6 Å². The molecule has 5 nitrogen and oxygen atoms in total. The van der Waals surface area contributed by atoms with Crippen molar-refractivity contribution in [3.8, 4) is 0 Å². The molecule has 0 aromatic heterocycles. The zero-order chi connectivity index (χ0) is 17.3. The Balaban J connectivity index is 1.90. The monoisotopic (exact) mass is 362 g/mol. The van der Waals surface area contributed by atoms with Gasteiger partial charge in [-0.25, -0.2) is 8.42 Å². The zero-order valence-corrected chi connectivity index (χ0v) is 15.0. The van der Waals surface area contributed by atoms with E-state index in [9.17, 15) is 13.2 Å². The van der Waals surface area contributed by atoms with Crippen LogP contribution in [0.4, 0.5) is 11.4 Å². The van der Waals surface area contributed by atoms with Crippen LogP contribution >= 0.6 is 11.8 Å². The summed E-state index contributed by atoms with van der Waals surface area (Å²) in [7, 11) is -3.71. The number of aryl methyl sites for hydroxylation is 1. The van der Waals surface area contributed by atoms with Crippen LogP contribution in [0.5, 0.6) is 0 Å². The van der Waals surface area contributed by atoms with Crippen molar-refractivity contribution in [2.24, 2.45) is 0 Å². The number of fused-ring (bicyclic) bond motifs is 1. The average molecular weight is 362 g/mol. The highest BCUT2D eigenvalue weighted by molar-refractivity contribution is 8.01. The van der Waals surface area contributed by atoms with Crippen molar-refractivity contribution in [3.63, 3.8) is 0 Å². The van der Waals surface area contributed by atoms with E-state index in [1.807, 2.05) is 32.0 Å². The third kappa shape index (κ3) is 3.42. The third-order valence-electron chi connectivity index (χ3n) is 3.78. The number of nitrogens with one attached hydrogen (secondary N) is 2. The van der Waals surface area contributed by atoms with Crippen LogP contribution in [-0.2, 0) is 21.2 Å². The molecule has 24 heavy (non-hydrogen) atoms. The minimum absolute atomic E-state index is 0.120. The predicted molar refractivity (Wildman–Crippen MR) is 97.0 cm³/mol. The van der Waals surface area contributed by atoms with Gasteiger partial charge in [-0.05, 0) is 49.2 Å². The Kier molecular flexibility index (Phi) is 4.56. The van der Waals surface area contributed by atoms with Crippen molar-refractivity contribution in [3.05, 3.63) is 48.0 Å².